The normalized spacial score (nSPS) is 16.7. The maximum atomic E-state index is 4.51. The second-order valence-electron chi connectivity index (χ2n) is 5.22. The van der Waals surface area contributed by atoms with Crippen LogP contribution in [-0.4, -0.2) is 22.6 Å². The van der Waals surface area contributed by atoms with Gasteiger partial charge in [0.05, 0.1) is 0 Å². The minimum absolute atomic E-state index is 0.559. The maximum absolute atomic E-state index is 4.51. The van der Waals surface area contributed by atoms with Gasteiger partial charge in [-0.3, -0.25) is 0 Å². The molecular formula is C15H24N4. The standard InChI is InChI=1S/C15H24N4/c1-3-10-16-15-17-12(2)11-14(19-15)18-13-8-6-4-5-7-9-13/h3,11,13H,1,4-10H2,2H3,(H2,16,17,18,19). The number of aromatic nitrogens is 2. The van der Waals surface area contributed by atoms with Crippen LogP contribution in [0.2, 0.25) is 0 Å². The largest absolute Gasteiger partial charge is 0.367 e. The minimum Gasteiger partial charge on any atom is -0.367 e. The van der Waals surface area contributed by atoms with E-state index in [0.717, 1.165) is 11.5 Å². The molecule has 0 saturated heterocycles. The summed E-state index contributed by atoms with van der Waals surface area (Å²) in [4.78, 5) is 8.89. The van der Waals surface area contributed by atoms with Gasteiger partial charge in [-0.2, -0.15) is 4.98 Å². The Morgan fingerprint density at radius 2 is 2.00 bits per heavy atom. The van der Waals surface area contributed by atoms with Crippen LogP contribution in [0.3, 0.4) is 0 Å². The first kappa shape index (κ1) is 13.8. The van der Waals surface area contributed by atoms with Crippen LogP contribution in [0.5, 0.6) is 0 Å². The zero-order valence-corrected chi connectivity index (χ0v) is 11.8. The van der Waals surface area contributed by atoms with Crippen LogP contribution in [0.4, 0.5) is 11.8 Å². The Balaban J connectivity index is 2.01. The van der Waals surface area contributed by atoms with Gasteiger partial charge < -0.3 is 10.6 Å². The van der Waals surface area contributed by atoms with Crippen molar-refractivity contribution < 1.29 is 0 Å². The zero-order valence-electron chi connectivity index (χ0n) is 11.8. The average Bonchev–Trinajstić information content (AvgIpc) is 2.64. The molecule has 1 aliphatic carbocycles. The lowest BCUT2D eigenvalue weighted by Crippen LogP contribution is -2.19. The predicted molar refractivity (Wildman–Crippen MR) is 80.6 cm³/mol. The number of anilines is 2. The van der Waals surface area contributed by atoms with Gasteiger partial charge in [0.25, 0.3) is 0 Å². The molecule has 1 aromatic heterocycles. The Hall–Kier alpha value is -1.58. The van der Waals surface area contributed by atoms with E-state index < -0.39 is 0 Å². The van der Waals surface area contributed by atoms with Crippen LogP contribution in [0.15, 0.2) is 18.7 Å². The third-order valence-electron chi connectivity index (χ3n) is 3.47. The monoisotopic (exact) mass is 260 g/mol. The Bertz CT molecular complexity index is 409. The first-order chi connectivity index (χ1) is 9.28. The molecule has 0 bridgehead atoms. The summed E-state index contributed by atoms with van der Waals surface area (Å²) < 4.78 is 0. The quantitative estimate of drug-likeness (QED) is 0.628. The highest BCUT2D eigenvalue weighted by molar-refractivity contribution is 5.43. The van der Waals surface area contributed by atoms with Gasteiger partial charge in [0.1, 0.15) is 5.82 Å². The van der Waals surface area contributed by atoms with Crippen molar-refractivity contribution in [1.82, 2.24) is 9.97 Å². The topological polar surface area (TPSA) is 49.8 Å². The van der Waals surface area contributed by atoms with Crippen LogP contribution in [-0.2, 0) is 0 Å². The first-order valence-corrected chi connectivity index (χ1v) is 7.25. The van der Waals surface area contributed by atoms with Gasteiger partial charge in [0, 0.05) is 24.3 Å². The third kappa shape index (κ3) is 4.54. The molecule has 1 fully saturated rings. The fraction of sp³-hybridized carbons (Fsp3) is 0.600. The molecule has 1 aromatic rings. The van der Waals surface area contributed by atoms with Gasteiger partial charge in [-0.1, -0.05) is 31.8 Å². The zero-order chi connectivity index (χ0) is 13.5. The highest BCUT2D eigenvalue weighted by Crippen LogP contribution is 2.21. The van der Waals surface area contributed by atoms with Crippen molar-refractivity contribution in [3.63, 3.8) is 0 Å². The Kier molecular flexibility index (Phi) is 5.19. The summed E-state index contributed by atoms with van der Waals surface area (Å²) >= 11 is 0. The molecule has 0 atom stereocenters. The summed E-state index contributed by atoms with van der Waals surface area (Å²) in [6.07, 6.45) is 9.69. The van der Waals surface area contributed by atoms with Crippen molar-refractivity contribution in [2.75, 3.05) is 17.2 Å². The van der Waals surface area contributed by atoms with E-state index in [1.54, 1.807) is 0 Å². The highest BCUT2D eigenvalue weighted by atomic mass is 15.1. The highest BCUT2D eigenvalue weighted by Gasteiger charge is 2.13. The van der Waals surface area contributed by atoms with Crippen LogP contribution < -0.4 is 10.6 Å². The van der Waals surface area contributed by atoms with Crippen molar-refractivity contribution >= 4 is 11.8 Å². The minimum atomic E-state index is 0.559. The van der Waals surface area contributed by atoms with Crippen molar-refractivity contribution in [2.24, 2.45) is 0 Å². The summed E-state index contributed by atoms with van der Waals surface area (Å²) in [6.45, 7) is 6.38. The molecule has 4 nitrogen and oxygen atoms in total. The van der Waals surface area contributed by atoms with Gasteiger partial charge in [0.2, 0.25) is 5.95 Å². The summed E-state index contributed by atoms with van der Waals surface area (Å²) in [6, 6.07) is 2.58. The van der Waals surface area contributed by atoms with Gasteiger partial charge in [-0.15, -0.1) is 6.58 Å². The van der Waals surface area contributed by atoms with E-state index in [2.05, 4.69) is 27.2 Å². The molecule has 2 rings (SSSR count). The van der Waals surface area contributed by atoms with Crippen molar-refractivity contribution in [3.05, 3.63) is 24.4 Å². The van der Waals surface area contributed by atoms with E-state index in [1.807, 2.05) is 19.1 Å². The lowest BCUT2D eigenvalue weighted by molar-refractivity contribution is 0.617. The molecule has 104 valence electrons. The molecule has 4 heteroatoms. The summed E-state index contributed by atoms with van der Waals surface area (Å²) in [5.74, 6) is 1.61. The molecule has 1 aliphatic rings. The van der Waals surface area contributed by atoms with Crippen molar-refractivity contribution in [1.29, 1.82) is 0 Å². The molecule has 0 aliphatic heterocycles. The van der Waals surface area contributed by atoms with Crippen LogP contribution >= 0.6 is 0 Å². The summed E-state index contributed by atoms with van der Waals surface area (Å²) in [5, 5.41) is 6.71. The van der Waals surface area contributed by atoms with Gasteiger partial charge in [0.15, 0.2) is 0 Å². The van der Waals surface area contributed by atoms with Gasteiger partial charge in [-0.25, -0.2) is 4.98 Å². The lowest BCUT2D eigenvalue weighted by Gasteiger charge is -2.17. The second kappa shape index (κ2) is 7.12. The van der Waals surface area contributed by atoms with Crippen LogP contribution in [0, 0.1) is 6.92 Å². The van der Waals surface area contributed by atoms with Gasteiger partial charge in [-0.05, 0) is 19.8 Å². The first-order valence-electron chi connectivity index (χ1n) is 7.25. The Morgan fingerprint density at radius 3 is 2.68 bits per heavy atom. The molecule has 0 radical (unpaired) electrons. The fourth-order valence-corrected chi connectivity index (χ4v) is 2.52. The maximum Gasteiger partial charge on any atom is 0.225 e. The number of hydrogen-bond acceptors (Lipinski definition) is 4. The van der Waals surface area contributed by atoms with E-state index in [9.17, 15) is 0 Å². The molecule has 1 heterocycles. The lowest BCUT2D eigenvalue weighted by atomic mass is 10.1. The summed E-state index contributed by atoms with van der Waals surface area (Å²) in [7, 11) is 0. The molecule has 0 unspecified atom stereocenters. The molecule has 0 spiro atoms. The van der Waals surface area contributed by atoms with Gasteiger partial charge >= 0.3 is 0 Å². The molecular weight excluding hydrogens is 236 g/mol. The Morgan fingerprint density at radius 1 is 1.26 bits per heavy atom. The molecule has 1 saturated carbocycles. The Labute approximate surface area is 115 Å². The van der Waals surface area contributed by atoms with E-state index in [-0.39, 0.29) is 0 Å². The third-order valence-corrected chi connectivity index (χ3v) is 3.47. The average molecular weight is 260 g/mol. The SMILES string of the molecule is C=CCNc1nc(C)cc(NC2CCCCCC2)n1. The number of aryl methyl sites for hydroxylation is 1. The number of nitrogens with one attached hydrogen (secondary N) is 2. The van der Waals surface area contributed by atoms with Crippen molar-refractivity contribution in [2.45, 2.75) is 51.5 Å². The number of nitrogens with zero attached hydrogens (tertiary/aromatic N) is 2. The van der Waals surface area contributed by atoms with E-state index >= 15 is 0 Å². The molecule has 0 amide bonds. The second-order valence-corrected chi connectivity index (χ2v) is 5.22. The van der Waals surface area contributed by atoms with Crippen LogP contribution in [0.25, 0.3) is 0 Å². The number of hydrogen-bond donors (Lipinski definition) is 2. The number of rotatable bonds is 5. The van der Waals surface area contributed by atoms with Crippen LogP contribution in [0.1, 0.15) is 44.2 Å². The van der Waals surface area contributed by atoms with E-state index in [4.69, 9.17) is 0 Å². The molecule has 0 aromatic carbocycles. The molecule has 2 N–H and O–H groups in total. The smallest absolute Gasteiger partial charge is 0.225 e. The molecule has 19 heavy (non-hydrogen) atoms. The fourth-order valence-electron chi connectivity index (χ4n) is 2.52. The summed E-state index contributed by atoms with van der Waals surface area (Å²) in [5.41, 5.74) is 0.984. The van der Waals surface area contributed by atoms with E-state index in [0.29, 0.717) is 18.5 Å². The van der Waals surface area contributed by atoms with Crippen molar-refractivity contribution in [3.8, 4) is 0 Å². The van der Waals surface area contributed by atoms with E-state index in [1.165, 1.54) is 38.5 Å². The predicted octanol–water partition coefficient (Wildman–Crippen LogP) is 3.52.